The number of hydrogen-bond donors (Lipinski definition) is 0. The van der Waals surface area contributed by atoms with Crippen molar-refractivity contribution < 1.29 is 4.42 Å². The van der Waals surface area contributed by atoms with Gasteiger partial charge in [-0.25, -0.2) is 0 Å². The standard InChI is InChI=1S/C66H57BN2O/c1-40-30-42(3)61(43(4)31-40)48-20-24-54(25-21-48)69-58-27-22-49(62-44(5)32-41(2)33-45(62)6)37-56(58)63-64-60(38-50-28-29-70-65(50)63)68(59-39-53(66(7,8)9)23-26-57(59)67(64)69)55-35-51(46-16-12-10-13-17-46)34-52(36-55)47-18-14-11-15-19-47/h10-39H,1-9H3. The maximum Gasteiger partial charge on any atom is 0.333 e. The molecule has 0 atom stereocenters. The van der Waals surface area contributed by atoms with Crippen molar-refractivity contribution in [3.05, 3.63) is 221 Å². The second-order valence-electron chi connectivity index (χ2n) is 21.0. The fourth-order valence-corrected chi connectivity index (χ4v) is 12.0. The van der Waals surface area contributed by atoms with Gasteiger partial charge in [0.05, 0.1) is 6.26 Å². The van der Waals surface area contributed by atoms with Crippen LogP contribution in [0.25, 0.3) is 66.6 Å². The number of hydrogen-bond acceptors (Lipinski definition) is 3. The van der Waals surface area contributed by atoms with Crippen LogP contribution in [0.15, 0.2) is 187 Å². The summed E-state index contributed by atoms with van der Waals surface area (Å²) in [4.78, 5) is 5.19. The molecule has 340 valence electrons. The van der Waals surface area contributed by atoms with Gasteiger partial charge < -0.3 is 14.1 Å². The Hall–Kier alpha value is -7.82. The minimum absolute atomic E-state index is 0.0920. The molecule has 0 aliphatic carbocycles. The van der Waals surface area contributed by atoms with Gasteiger partial charge in [-0.3, -0.25) is 0 Å². The lowest BCUT2D eigenvalue weighted by atomic mass is 9.43. The normalized spacial score (nSPS) is 12.8. The lowest BCUT2D eigenvalue weighted by Crippen LogP contribution is -2.61. The summed E-state index contributed by atoms with van der Waals surface area (Å²) in [5, 5.41) is 1.08. The van der Waals surface area contributed by atoms with Gasteiger partial charge in [-0.15, -0.1) is 0 Å². The van der Waals surface area contributed by atoms with Crippen LogP contribution in [0.4, 0.5) is 28.4 Å². The second kappa shape index (κ2) is 16.4. The van der Waals surface area contributed by atoms with Gasteiger partial charge in [-0.2, -0.15) is 0 Å². The Bertz CT molecular complexity index is 3600. The number of aryl methyl sites for hydroxylation is 6. The first-order valence-electron chi connectivity index (χ1n) is 24.8. The quantitative estimate of drug-likeness (QED) is 0.155. The third kappa shape index (κ3) is 7.11. The molecule has 10 aromatic rings. The molecule has 1 aromatic heterocycles. The van der Waals surface area contributed by atoms with E-state index < -0.39 is 0 Å². The molecular formula is C66H57BN2O. The Morgan fingerprint density at radius 1 is 0.429 bits per heavy atom. The average molecular weight is 905 g/mol. The van der Waals surface area contributed by atoms with Gasteiger partial charge in [0, 0.05) is 45.0 Å². The first-order chi connectivity index (χ1) is 33.8. The van der Waals surface area contributed by atoms with Crippen molar-refractivity contribution in [3.63, 3.8) is 0 Å². The van der Waals surface area contributed by atoms with E-state index >= 15 is 0 Å². The monoisotopic (exact) mass is 904 g/mol. The molecule has 0 radical (unpaired) electrons. The largest absolute Gasteiger partial charge is 0.464 e. The molecule has 0 N–H and O–H groups in total. The van der Waals surface area contributed by atoms with Gasteiger partial charge >= 0.3 is 6.85 Å². The third-order valence-electron chi connectivity index (χ3n) is 15.0. The van der Waals surface area contributed by atoms with E-state index in [0.29, 0.717) is 0 Å². The summed E-state index contributed by atoms with van der Waals surface area (Å²) in [6, 6.07) is 66.3. The maximum atomic E-state index is 6.70. The Balaban J connectivity index is 1.18. The molecule has 0 spiro atoms. The molecule has 0 bridgehead atoms. The van der Waals surface area contributed by atoms with E-state index in [1.165, 1.54) is 100 Å². The van der Waals surface area contributed by atoms with Gasteiger partial charge in [0.15, 0.2) is 0 Å². The molecule has 0 saturated carbocycles. The first-order valence-corrected chi connectivity index (χ1v) is 24.8. The fraction of sp³-hybridized carbons (Fsp3) is 0.152. The average Bonchev–Trinajstić information content (AvgIpc) is 3.82. The summed E-state index contributed by atoms with van der Waals surface area (Å²) in [7, 11) is 0. The minimum Gasteiger partial charge on any atom is -0.464 e. The molecule has 4 heteroatoms. The summed E-state index contributed by atoms with van der Waals surface area (Å²) in [6.07, 6.45) is 1.87. The van der Waals surface area contributed by atoms with E-state index in [-0.39, 0.29) is 12.3 Å². The van der Waals surface area contributed by atoms with E-state index in [1.54, 1.807) is 0 Å². The lowest BCUT2D eigenvalue weighted by Gasteiger charge is -2.46. The van der Waals surface area contributed by atoms with Crippen LogP contribution in [0.2, 0.25) is 0 Å². The number of fused-ring (bicyclic) bond motifs is 6. The van der Waals surface area contributed by atoms with E-state index in [2.05, 4.69) is 248 Å². The summed E-state index contributed by atoms with van der Waals surface area (Å²) >= 11 is 0. The van der Waals surface area contributed by atoms with Crippen molar-refractivity contribution in [3.8, 4) is 55.6 Å². The molecule has 70 heavy (non-hydrogen) atoms. The van der Waals surface area contributed by atoms with Crippen molar-refractivity contribution >= 4 is 57.2 Å². The summed E-state index contributed by atoms with van der Waals surface area (Å²) in [5.41, 5.74) is 30.1. The number of anilines is 5. The third-order valence-corrected chi connectivity index (χ3v) is 15.0. The predicted octanol–water partition coefficient (Wildman–Crippen LogP) is 17.0. The Kier molecular flexibility index (Phi) is 10.2. The van der Waals surface area contributed by atoms with Crippen LogP contribution in [0, 0.1) is 41.5 Å². The highest BCUT2D eigenvalue weighted by Gasteiger charge is 2.47. The van der Waals surface area contributed by atoms with E-state index in [1.807, 2.05) is 6.26 Å². The van der Waals surface area contributed by atoms with Crippen LogP contribution < -0.4 is 20.6 Å². The molecular weight excluding hydrogens is 848 g/mol. The van der Waals surface area contributed by atoms with Crippen LogP contribution in [-0.2, 0) is 5.41 Å². The highest BCUT2D eigenvalue weighted by molar-refractivity contribution is 6.94. The van der Waals surface area contributed by atoms with E-state index in [4.69, 9.17) is 4.42 Å². The van der Waals surface area contributed by atoms with Gasteiger partial charge in [-0.05, 0) is 191 Å². The number of benzene rings is 9. The van der Waals surface area contributed by atoms with Crippen molar-refractivity contribution in [2.45, 2.75) is 67.7 Å². The molecule has 0 fully saturated rings. The van der Waals surface area contributed by atoms with Crippen molar-refractivity contribution in [1.82, 2.24) is 0 Å². The number of furan rings is 1. The zero-order valence-corrected chi connectivity index (χ0v) is 41.7. The Labute approximate surface area is 413 Å². The molecule has 2 aliphatic rings. The highest BCUT2D eigenvalue weighted by atomic mass is 16.3. The topological polar surface area (TPSA) is 19.6 Å². The molecule has 9 aromatic carbocycles. The van der Waals surface area contributed by atoms with E-state index in [9.17, 15) is 0 Å². The Morgan fingerprint density at radius 2 is 1.00 bits per heavy atom. The van der Waals surface area contributed by atoms with Crippen molar-refractivity contribution in [1.29, 1.82) is 0 Å². The Morgan fingerprint density at radius 3 is 1.59 bits per heavy atom. The zero-order valence-electron chi connectivity index (χ0n) is 41.7. The molecule has 3 nitrogen and oxygen atoms in total. The van der Waals surface area contributed by atoms with Crippen LogP contribution in [0.1, 0.15) is 59.7 Å². The minimum atomic E-state index is -0.180. The number of rotatable bonds is 6. The second-order valence-corrected chi connectivity index (χ2v) is 21.0. The van der Waals surface area contributed by atoms with Crippen molar-refractivity contribution in [2.75, 3.05) is 9.71 Å². The summed E-state index contributed by atoms with van der Waals surface area (Å²) in [6.45, 7) is 20.1. The summed E-state index contributed by atoms with van der Waals surface area (Å²) < 4.78 is 6.70. The molecule has 0 saturated heterocycles. The smallest absolute Gasteiger partial charge is 0.333 e. The maximum absolute atomic E-state index is 6.70. The van der Waals surface area contributed by atoms with Crippen LogP contribution in [0.3, 0.4) is 0 Å². The van der Waals surface area contributed by atoms with Gasteiger partial charge in [-0.1, -0.05) is 147 Å². The van der Waals surface area contributed by atoms with E-state index in [0.717, 1.165) is 44.8 Å². The molecule has 3 heterocycles. The zero-order chi connectivity index (χ0) is 48.2. The van der Waals surface area contributed by atoms with Crippen LogP contribution in [0.5, 0.6) is 0 Å². The van der Waals surface area contributed by atoms with Gasteiger partial charge in [0.2, 0.25) is 0 Å². The predicted molar refractivity (Wildman–Crippen MR) is 299 cm³/mol. The molecule has 0 amide bonds. The first kappa shape index (κ1) is 43.5. The SMILES string of the molecule is Cc1cc(C)c(-c2ccc(N3B4c5ccc(C(C)(C)C)cc5N(c5cc(-c6ccccc6)cc(-c6ccccc6)c5)c5cc6ccoc6c(c54)-c4cc(-c5c(C)cc(C)cc5C)ccc43)cc2)c(C)c1. The summed E-state index contributed by atoms with van der Waals surface area (Å²) in [5.74, 6) is 0. The lowest BCUT2D eigenvalue weighted by molar-refractivity contribution is 0.590. The fourth-order valence-electron chi connectivity index (χ4n) is 12.0. The molecule has 12 rings (SSSR count). The van der Waals surface area contributed by atoms with Gasteiger partial charge in [0.25, 0.3) is 0 Å². The molecule has 2 aliphatic heterocycles. The van der Waals surface area contributed by atoms with Crippen molar-refractivity contribution in [2.24, 2.45) is 0 Å². The number of nitrogens with zero attached hydrogens (tertiary/aromatic N) is 2. The van der Waals surface area contributed by atoms with Gasteiger partial charge in [0.1, 0.15) is 5.58 Å². The van der Waals surface area contributed by atoms with Crippen LogP contribution >= 0.6 is 0 Å². The van der Waals surface area contributed by atoms with Crippen LogP contribution in [-0.4, -0.2) is 6.85 Å². The molecule has 0 unspecified atom stereocenters. The highest BCUT2D eigenvalue weighted by Crippen LogP contribution is 2.51.